The highest BCUT2D eigenvalue weighted by molar-refractivity contribution is 5.33. The van der Waals surface area contributed by atoms with E-state index in [1.165, 1.54) is 0 Å². The van der Waals surface area contributed by atoms with E-state index in [1.54, 1.807) is 0 Å². The number of anilines is 1. The molecule has 4 nitrogen and oxygen atoms in total. The lowest BCUT2D eigenvalue weighted by Crippen LogP contribution is -2.11. The molecule has 0 spiro atoms. The van der Waals surface area contributed by atoms with Crippen molar-refractivity contribution in [2.45, 2.75) is 19.6 Å². The molecule has 2 aromatic rings. The SMILES string of the molecule is CCOc1cccc(CNc2nccc(C(F)(F)F)n2)c1. The molecule has 0 bridgehead atoms. The molecule has 0 radical (unpaired) electrons. The quantitative estimate of drug-likeness (QED) is 0.917. The Morgan fingerprint density at radius 2 is 2.05 bits per heavy atom. The van der Waals surface area contributed by atoms with Crippen LogP contribution in [0.5, 0.6) is 5.75 Å². The van der Waals surface area contributed by atoms with Crippen molar-refractivity contribution in [3.05, 3.63) is 47.8 Å². The monoisotopic (exact) mass is 297 g/mol. The minimum atomic E-state index is -4.48. The van der Waals surface area contributed by atoms with E-state index in [9.17, 15) is 13.2 Å². The van der Waals surface area contributed by atoms with E-state index >= 15 is 0 Å². The summed E-state index contributed by atoms with van der Waals surface area (Å²) in [4.78, 5) is 7.21. The highest BCUT2D eigenvalue weighted by atomic mass is 19.4. The normalized spacial score (nSPS) is 11.2. The predicted octanol–water partition coefficient (Wildman–Crippen LogP) is 3.51. The molecule has 21 heavy (non-hydrogen) atoms. The van der Waals surface area contributed by atoms with Crippen molar-refractivity contribution in [2.75, 3.05) is 11.9 Å². The largest absolute Gasteiger partial charge is 0.494 e. The average Bonchev–Trinajstić information content (AvgIpc) is 2.45. The van der Waals surface area contributed by atoms with Gasteiger partial charge >= 0.3 is 6.18 Å². The number of ether oxygens (including phenoxy) is 1. The van der Waals surface area contributed by atoms with Crippen molar-refractivity contribution < 1.29 is 17.9 Å². The van der Waals surface area contributed by atoms with E-state index in [-0.39, 0.29) is 5.95 Å². The van der Waals surface area contributed by atoms with Crippen molar-refractivity contribution >= 4 is 5.95 Å². The number of nitrogens with zero attached hydrogens (tertiary/aromatic N) is 2. The van der Waals surface area contributed by atoms with Crippen molar-refractivity contribution in [1.29, 1.82) is 0 Å². The Morgan fingerprint density at radius 1 is 1.24 bits per heavy atom. The Labute approximate surface area is 120 Å². The number of aromatic nitrogens is 2. The molecule has 0 amide bonds. The molecule has 0 aliphatic rings. The minimum absolute atomic E-state index is 0.0633. The third-order valence-electron chi connectivity index (χ3n) is 2.61. The minimum Gasteiger partial charge on any atom is -0.494 e. The first-order chi connectivity index (χ1) is 9.99. The van der Waals surface area contributed by atoms with Gasteiger partial charge in [-0.05, 0) is 30.7 Å². The third-order valence-corrected chi connectivity index (χ3v) is 2.61. The Hall–Kier alpha value is -2.31. The fourth-order valence-corrected chi connectivity index (χ4v) is 1.69. The first kappa shape index (κ1) is 15.1. The molecule has 0 saturated carbocycles. The van der Waals surface area contributed by atoms with E-state index in [0.717, 1.165) is 17.8 Å². The molecule has 1 aromatic carbocycles. The maximum atomic E-state index is 12.5. The van der Waals surface area contributed by atoms with Crippen LogP contribution in [0.4, 0.5) is 19.1 Å². The molecular weight excluding hydrogens is 283 g/mol. The molecule has 0 atom stereocenters. The van der Waals surface area contributed by atoms with Gasteiger partial charge in [-0.3, -0.25) is 0 Å². The fourth-order valence-electron chi connectivity index (χ4n) is 1.69. The zero-order valence-electron chi connectivity index (χ0n) is 11.3. The number of halogens is 3. The van der Waals surface area contributed by atoms with Crippen LogP contribution in [0.25, 0.3) is 0 Å². The molecule has 1 aromatic heterocycles. The van der Waals surface area contributed by atoms with Crippen molar-refractivity contribution in [1.82, 2.24) is 9.97 Å². The summed E-state index contributed by atoms with van der Waals surface area (Å²) in [5.41, 5.74) is -0.106. The summed E-state index contributed by atoms with van der Waals surface area (Å²) in [6.07, 6.45) is -3.40. The predicted molar refractivity (Wildman–Crippen MR) is 72.0 cm³/mol. The Bertz CT molecular complexity index is 602. The van der Waals surface area contributed by atoms with Crippen LogP contribution in [0, 0.1) is 0 Å². The summed E-state index contributed by atoms with van der Waals surface area (Å²) in [7, 11) is 0. The van der Waals surface area contributed by atoms with Crippen LogP contribution in [0.2, 0.25) is 0 Å². The van der Waals surface area contributed by atoms with Crippen LogP contribution >= 0.6 is 0 Å². The summed E-state index contributed by atoms with van der Waals surface area (Å²) in [5, 5.41) is 2.76. The molecule has 7 heteroatoms. The summed E-state index contributed by atoms with van der Waals surface area (Å²) in [6.45, 7) is 2.73. The molecule has 0 unspecified atom stereocenters. The van der Waals surface area contributed by atoms with Gasteiger partial charge in [0.15, 0.2) is 0 Å². The first-order valence-corrected chi connectivity index (χ1v) is 6.35. The van der Waals surface area contributed by atoms with Gasteiger partial charge in [-0.25, -0.2) is 9.97 Å². The lowest BCUT2D eigenvalue weighted by molar-refractivity contribution is -0.141. The summed E-state index contributed by atoms with van der Waals surface area (Å²) < 4.78 is 43.0. The second-order valence-electron chi connectivity index (χ2n) is 4.20. The zero-order chi connectivity index (χ0) is 15.3. The number of hydrogen-bond donors (Lipinski definition) is 1. The van der Waals surface area contributed by atoms with Gasteiger partial charge in [0.2, 0.25) is 5.95 Å². The molecule has 112 valence electrons. The molecule has 0 aliphatic heterocycles. The van der Waals surface area contributed by atoms with Crippen LogP contribution < -0.4 is 10.1 Å². The Morgan fingerprint density at radius 3 is 2.76 bits per heavy atom. The van der Waals surface area contributed by atoms with Crippen molar-refractivity contribution in [2.24, 2.45) is 0 Å². The molecule has 1 N–H and O–H groups in total. The van der Waals surface area contributed by atoms with Gasteiger partial charge in [-0.2, -0.15) is 13.2 Å². The maximum Gasteiger partial charge on any atom is 0.433 e. The molecule has 2 rings (SSSR count). The van der Waals surface area contributed by atoms with Gasteiger partial charge in [-0.1, -0.05) is 12.1 Å². The van der Waals surface area contributed by atoms with E-state index < -0.39 is 11.9 Å². The Balaban J connectivity index is 2.04. The van der Waals surface area contributed by atoms with Crippen LogP contribution in [0.15, 0.2) is 36.5 Å². The van der Waals surface area contributed by atoms with Gasteiger partial charge < -0.3 is 10.1 Å². The highest BCUT2D eigenvalue weighted by Crippen LogP contribution is 2.27. The summed E-state index contributed by atoms with van der Waals surface area (Å²) in [5.74, 6) is 0.647. The number of benzene rings is 1. The lowest BCUT2D eigenvalue weighted by Gasteiger charge is -2.09. The van der Waals surface area contributed by atoms with Crippen LogP contribution in [0.1, 0.15) is 18.2 Å². The van der Waals surface area contributed by atoms with Gasteiger partial charge in [0, 0.05) is 12.7 Å². The molecular formula is C14H14F3N3O. The second kappa shape index (κ2) is 6.43. The molecule has 0 saturated heterocycles. The first-order valence-electron chi connectivity index (χ1n) is 6.35. The number of rotatable bonds is 5. The van der Waals surface area contributed by atoms with Gasteiger partial charge in [0.25, 0.3) is 0 Å². The molecule has 0 aliphatic carbocycles. The van der Waals surface area contributed by atoms with E-state index in [2.05, 4.69) is 15.3 Å². The fraction of sp³-hybridized carbons (Fsp3) is 0.286. The molecule has 0 fully saturated rings. The van der Waals surface area contributed by atoms with Crippen LogP contribution in [-0.2, 0) is 12.7 Å². The highest BCUT2D eigenvalue weighted by Gasteiger charge is 2.32. The lowest BCUT2D eigenvalue weighted by atomic mass is 10.2. The van der Waals surface area contributed by atoms with Gasteiger partial charge in [0.05, 0.1) is 6.61 Å². The summed E-state index contributed by atoms with van der Waals surface area (Å²) >= 11 is 0. The van der Waals surface area contributed by atoms with E-state index in [0.29, 0.717) is 18.9 Å². The summed E-state index contributed by atoms with van der Waals surface area (Å²) in [6, 6.07) is 8.11. The van der Waals surface area contributed by atoms with Crippen LogP contribution in [-0.4, -0.2) is 16.6 Å². The standard InChI is InChI=1S/C14H14F3N3O/c1-2-21-11-5-3-4-10(8-11)9-19-13-18-7-6-12(20-13)14(15,16)17/h3-8H,2,9H2,1H3,(H,18,19,20). The number of nitrogens with one attached hydrogen (secondary N) is 1. The number of alkyl halides is 3. The third kappa shape index (κ3) is 4.34. The maximum absolute atomic E-state index is 12.5. The second-order valence-corrected chi connectivity index (χ2v) is 4.20. The Kier molecular flexibility index (Phi) is 4.62. The zero-order valence-corrected chi connectivity index (χ0v) is 11.3. The topological polar surface area (TPSA) is 47.0 Å². The van der Waals surface area contributed by atoms with E-state index in [1.807, 2.05) is 31.2 Å². The van der Waals surface area contributed by atoms with Gasteiger partial charge in [0.1, 0.15) is 11.4 Å². The molecule has 1 heterocycles. The van der Waals surface area contributed by atoms with E-state index in [4.69, 9.17) is 4.74 Å². The van der Waals surface area contributed by atoms with Gasteiger partial charge in [-0.15, -0.1) is 0 Å². The van der Waals surface area contributed by atoms with Crippen molar-refractivity contribution in [3.8, 4) is 5.75 Å². The number of hydrogen-bond acceptors (Lipinski definition) is 4. The smallest absolute Gasteiger partial charge is 0.433 e. The average molecular weight is 297 g/mol. The van der Waals surface area contributed by atoms with Crippen LogP contribution in [0.3, 0.4) is 0 Å². The van der Waals surface area contributed by atoms with Crippen molar-refractivity contribution in [3.63, 3.8) is 0 Å².